The van der Waals surface area contributed by atoms with Crippen LogP contribution in [0, 0.1) is 10.1 Å². The van der Waals surface area contributed by atoms with Gasteiger partial charge in [-0.05, 0) is 18.9 Å². The summed E-state index contributed by atoms with van der Waals surface area (Å²) in [7, 11) is 0. The SMILES string of the molecule is Cl.NC1CCN(C(=O)c2cn(-c3cccc([N+](=O)[O-])c3)nn2)CC1. The van der Waals surface area contributed by atoms with E-state index in [0.29, 0.717) is 18.8 Å². The molecule has 128 valence electrons. The molecule has 2 heterocycles. The number of piperidine rings is 1. The lowest BCUT2D eigenvalue weighted by Gasteiger charge is -2.29. The number of amides is 1. The highest BCUT2D eigenvalue weighted by Crippen LogP contribution is 2.17. The number of carbonyl (C=O) groups excluding carboxylic acids is 1. The Kier molecular flexibility index (Phi) is 5.47. The number of nitrogens with two attached hydrogens (primary N) is 1. The molecule has 0 radical (unpaired) electrons. The predicted molar refractivity (Wildman–Crippen MR) is 88.4 cm³/mol. The minimum atomic E-state index is -0.483. The van der Waals surface area contributed by atoms with Crippen LogP contribution in [0.1, 0.15) is 23.3 Å². The lowest BCUT2D eigenvalue weighted by Crippen LogP contribution is -2.43. The monoisotopic (exact) mass is 352 g/mol. The molecule has 3 rings (SSSR count). The third-order valence-electron chi connectivity index (χ3n) is 3.84. The summed E-state index contributed by atoms with van der Waals surface area (Å²) in [6.45, 7) is 1.20. The van der Waals surface area contributed by atoms with Gasteiger partial charge in [0, 0.05) is 31.3 Å². The highest BCUT2D eigenvalue weighted by molar-refractivity contribution is 5.92. The van der Waals surface area contributed by atoms with Crippen LogP contribution in [-0.4, -0.2) is 49.9 Å². The number of hydrogen-bond donors (Lipinski definition) is 1. The summed E-state index contributed by atoms with van der Waals surface area (Å²) in [5.41, 5.74) is 6.48. The number of carbonyl (C=O) groups is 1. The van der Waals surface area contributed by atoms with Crippen LogP contribution in [-0.2, 0) is 0 Å². The summed E-state index contributed by atoms with van der Waals surface area (Å²) in [6, 6.07) is 6.13. The van der Waals surface area contributed by atoms with E-state index < -0.39 is 4.92 Å². The number of nitro benzene ring substituents is 1. The predicted octanol–water partition coefficient (Wildman–Crippen LogP) is 1.16. The number of nitro groups is 1. The standard InChI is InChI=1S/C14H16N6O3.ClH/c15-10-4-6-18(7-5-10)14(21)13-9-19(17-16-13)11-2-1-3-12(8-11)20(22)23;/h1-3,8-10H,4-7,15H2;1H. The van der Waals surface area contributed by atoms with Crippen molar-refractivity contribution >= 4 is 24.0 Å². The average Bonchev–Trinajstić information content (AvgIpc) is 3.05. The Balaban J connectivity index is 0.00000208. The first-order valence-corrected chi connectivity index (χ1v) is 7.26. The zero-order valence-electron chi connectivity index (χ0n) is 12.7. The molecule has 0 bridgehead atoms. The van der Waals surface area contributed by atoms with E-state index in [2.05, 4.69) is 10.3 Å². The van der Waals surface area contributed by atoms with Crippen molar-refractivity contribution in [2.45, 2.75) is 18.9 Å². The molecule has 1 aliphatic heterocycles. The Morgan fingerprint density at radius 3 is 2.71 bits per heavy atom. The summed E-state index contributed by atoms with van der Waals surface area (Å²) in [5, 5.41) is 18.6. The van der Waals surface area contributed by atoms with Gasteiger partial charge >= 0.3 is 0 Å². The molecule has 1 aromatic heterocycles. The minimum absolute atomic E-state index is 0. The molecule has 1 aromatic carbocycles. The molecule has 2 aromatic rings. The summed E-state index contributed by atoms with van der Waals surface area (Å²) < 4.78 is 1.36. The van der Waals surface area contributed by atoms with E-state index in [0.717, 1.165) is 12.8 Å². The van der Waals surface area contributed by atoms with Crippen LogP contribution in [0.4, 0.5) is 5.69 Å². The molecule has 9 nitrogen and oxygen atoms in total. The third kappa shape index (κ3) is 3.69. The summed E-state index contributed by atoms with van der Waals surface area (Å²) >= 11 is 0. The average molecular weight is 353 g/mol. The molecule has 1 saturated heterocycles. The largest absolute Gasteiger partial charge is 0.337 e. The number of benzene rings is 1. The fraction of sp³-hybridized carbons (Fsp3) is 0.357. The molecule has 2 N–H and O–H groups in total. The van der Waals surface area contributed by atoms with Crippen LogP contribution in [0.2, 0.25) is 0 Å². The Morgan fingerprint density at radius 2 is 2.04 bits per heavy atom. The summed E-state index contributed by atoms with van der Waals surface area (Å²) in [5.74, 6) is -0.200. The number of likely N-dealkylation sites (tertiary alicyclic amines) is 1. The minimum Gasteiger partial charge on any atom is -0.337 e. The Morgan fingerprint density at radius 1 is 1.33 bits per heavy atom. The van der Waals surface area contributed by atoms with Crippen LogP contribution in [0.15, 0.2) is 30.5 Å². The maximum absolute atomic E-state index is 12.4. The molecule has 1 aliphatic rings. The molecule has 0 atom stereocenters. The van der Waals surface area contributed by atoms with Gasteiger partial charge in [0.1, 0.15) is 0 Å². The molecule has 1 fully saturated rings. The summed E-state index contributed by atoms with van der Waals surface area (Å²) in [6.07, 6.45) is 3.02. The van der Waals surface area contributed by atoms with E-state index in [9.17, 15) is 14.9 Å². The van der Waals surface area contributed by atoms with Crippen molar-refractivity contribution in [1.82, 2.24) is 19.9 Å². The van der Waals surface area contributed by atoms with E-state index in [-0.39, 0.29) is 35.7 Å². The molecule has 24 heavy (non-hydrogen) atoms. The van der Waals surface area contributed by atoms with Crippen LogP contribution in [0.25, 0.3) is 5.69 Å². The second-order valence-electron chi connectivity index (χ2n) is 5.45. The smallest absolute Gasteiger partial charge is 0.276 e. The molecule has 1 amide bonds. The van der Waals surface area contributed by atoms with Gasteiger partial charge in [0.25, 0.3) is 11.6 Å². The molecular weight excluding hydrogens is 336 g/mol. The number of aromatic nitrogens is 3. The number of nitrogens with zero attached hydrogens (tertiary/aromatic N) is 5. The van der Waals surface area contributed by atoms with Gasteiger partial charge in [0.15, 0.2) is 5.69 Å². The lowest BCUT2D eigenvalue weighted by atomic mass is 10.1. The molecule has 0 unspecified atom stereocenters. The van der Waals surface area contributed by atoms with Crippen molar-refractivity contribution in [2.75, 3.05) is 13.1 Å². The molecule has 10 heteroatoms. The van der Waals surface area contributed by atoms with Crippen molar-refractivity contribution in [1.29, 1.82) is 0 Å². The number of hydrogen-bond acceptors (Lipinski definition) is 6. The molecule has 0 saturated carbocycles. The van der Waals surface area contributed by atoms with Gasteiger partial charge in [-0.25, -0.2) is 4.68 Å². The van der Waals surface area contributed by atoms with Crippen LogP contribution in [0.5, 0.6) is 0 Å². The third-order valence-corrected chi connectivity index (χ3v) is 3.84. The van der Waals surface area contributed by atoms with E-state index in [1.54, 1.807) is 17.0 Å². The maximum atomic E-state index is 12.4. The molecule has 0 spiro atoms. The van der Waals surface area contributed by atoms with E-state index in [1.807, 2.05) is 0 Å². The van der Waals surface area contributed by atoms with Gasteiger partial charge < -0.3 is 10.6 Å². The van der Waals surface area contributed by atoms with Crippen molar-refractivity contribution in [3.05, 3.63) is 46.3 Å². The maximum Gasteiger partial charge on any atom is 0.276 e. The first-order valence-electron chi connectivity index (χ1n) is 7.26. The van der Waals surface area contributed by atoms with E-state index >= 15 is 0 Å². The number of non-ortho nitro benzene ring substituents is 1. The fourth-order valence-corrected chi connectivity index (χ4v) is 2.50. The lowest BCUT2D eigenvalue weighted by molar-refractivity contribution is -0.384. The zero-order valence-corrected chi connectivity index (χ0v) is 13.6. The van der Waals surface area contributed by atoms with Gasteiger partial charge in [0.05, 0.1) is 16.8 Å². The van der Waals surface area contributed by atoms with Crippen molar-refractivity contribution in [2.24, 2.45) is 5.73 Å². The second-order valence-corrected chi connectivity index (χ2v) is 5.45. The Bertz CT molecular complexity index is 742. The Hall–Kier alpha value is -2.52. The first kappa shape index (κ1) is 17.8. The van der Waals surface area contributed by atoms with E-state index in [4.69, 9.17) is 5.73 Å². The van der Waals surface area contributed by atoms with E-state index in [1.165, 1.54) is 23.0 Å². The van der Waals surface area contributed by atoms with Crippen molar-refractivity contribution in [3.8, 4) is 5.69 Å². The van der Waals surface area contributed by atoms with Crippen molar-refractivity contribution in [3.63, 3.8) is 0 Å². The van der Waals surface area contributed by atoms with Crippen molar-refractivity contribution < 1.29 is 9.72 Å². The zero-order chi connectivity index (χ0) is 16.4. The highest BCUT2D eigenvalue weighted by Gasteiger charge is 2.24. The van der Waals surface area contributed by atoms with Crippen LogP contribution >= 0.6 is 12.4 Å². The first-order chi connectivity index (χ1) is 11.0. The second kappa shape index (κ2) is 7.37. The molecular formula is C14H17ClN6O3. The highest BCUT2D eigenvalue weighted by atomic mass is 35.5. The van der Waals surface area contributed by atoms with Gasteiger partial charge in [-0.15, -0.1) is 17.5 Å². The van der Waals surface area contributed by atoms with Gasteiger partial charge in [-0.2, -0.15) is 0 Å². The topological polar surface area (TPSA) is 120 Å². The van der Waals surface area contributed by atoms with Crippen LogP contribution < -0.4 is 5.73 Å². The quantitative estimate of drug-likeness (QED) is 0.653. The summed E-state index contributed by atoms with van der Waals surface area (Å²) in [4.78, 5) is 24.4. The van der Waals surface area contributed by atoms with Crippen LogP contribution in [0.3, 0.4) is 0 Å². The van der Waals surface area contributed by atoms with Gasteiger partial charge in [-0.1, -0.05) is 11.3 Å². The number of halogens is 1. The molecule has 0 aliphatic carbocycles. The van der Waals surface area contributed by atoms with Gasteiger partial charge in [-0.3, -0.25) is 14.9 Å². The Labute approximate surface area is 144 Å². The fourth-order valence-electron chi connectivity index (χ4n) is 2.50. The number of rotatable bonds is 3. The normalized spacial score (nSPS) is 15.0. The van der Waals surface area contributed by atoms with Gasteiger partial charge in [0.2, 0.25) is 0 Å².